The summed E-state index contributed by atoms with van der Waals surface area (Å²) < 4.78 is 5.55. The van der Waals surface area contributed by atoms with Crippen LogP contribution >= 0.6 is 7.92 Å². The first-order valence-electron chi connectivity index (χ1n) is 4.42. The molecule has 0 amide bonds. The molecule has 0 aliphatic carbocycles. The van der Waals surface area contributed by atoms with Crippen LogP contribution in [0.4, 0.5) is 0 Å². The minimum Gasteiger partial charge on any atom is -0.364 e. The summed E-state index contributed by atoms with van der Waals surface area (Å²) >= 11 is 0. The summed E-state index contributed by atoms with van der Waals surface area (Å²) in [6.07, 6.45) is 3.32. The molecule has 3 rings (SSSR count). The zero-order chi connectivity index (χ0) is 7.97. The van der Waals surface area contributed by atoms with Gasteiger partial charge in [-0.15, -0.1) is 0 Å². The van der Waals surface area contributed by atoms with Crippen molar-refractivity contribution >= 4 is 13.2 Å². The molecule has 2 saturated heterocycles. The fourth-order valence-electron chi connectivity index (χ4n) is 1.91. The van der Waals surface area contributed by atoms with Crippen LogP contribution in [0.5, 0.6) is 0 Å². The SMILES string of the molecule is c1ccc(P2CCC3OC32)cc1. The van der Waals surface area contributed by atoms with Crippen LogP contribution in [0.1, 0.15) is 6.42 Å². The Morgan fingerprint density at radius 3 is 2.67 bits per heavy atom. The third-order valence-electron chi connectivity index (χ3n) is 2.61. The molecule has 0 bridgehead atoms. The van der Waals surface area contributed by atoms with Crippen LogP contribution in [-0.2, 0) is 4.74 Å². The molecule has 0 N–H and O–H groups in total. The van der Waals surface area contributed by atoms with E-state index in [4.69, 9.17) is 4.74 Å². The molecule has 0 spiro atoms. The molecule has 2 fully saturated rings. The van der Waals surface area contributed by atoms with Crippen molar-refractivity contribution in [3.05, 3.63) is 30.3 Å². The highest BCUT2D eigenvalue weighted by Gasteiger charge is 2.50. The monoisotopic (exact) mass is 178 g/mol. The Hall–Kier alpha value is -0.390. The molecule has 62 valence electrons. The molecule has 2 heterocycles. The molecule has 2 aliphatic heterocycles. The van der Waals surface area contributed by atoms with Crippen molar-refractivity contribution in [3.63, 3.8) is 0 Å². The van der Waals surface area contributed by atoms with Crippen molar-refractivity contribution in [1.29, 1.82) is 0 Å². The van der Waals surface area contributed by atoms with Crippen molar-refractivity contribution < 1.29 is 4.74 Å². The first-order chi connectivity index (χ1) is 5.95. The summed E-state index contributed by atoms with van der Waals surface area (Å²) in [7, 11) is 0.0504. The maximum atomic E-state index is 5.55. The van der Waals surface area contributed by atoms with E-state index in [-0.39, 0.29) is 7.92 Å². The Morgan fingerprint density at radius 2 is 2.08 bits per heavy atom. The Balaban J connectivity index is 1.89. The third-order valence-corrected chi connectivity index (χ3v) is 5.38. The molecule has 3 atom stereocenters. The van der Waals surface area contributed by atoms with Crippen LogP contribution in [0.3, 0.4) is 0 Å². The van der Waals surface area contributed by atoms with E-state index in [0.29, 0.717) is 11.9 Å². The Kier molecular flexibility index (Phi) is 1.50. The number of hydrogen-bond acceptors (Lipinski definition) is 1. The van der Waals surface area contributed by atoms with Gasteiger partial charge in [-0.1, -0.05) is 30.3 Å². The van der Waals surface area contributed by atoms with Gasteiger partial charge in [0, 0.05) is 0 Å². The van der Waals surface area contributed by atoms with Crippen LogP contribution in [0.15, 0.2) is 30.3 Å². The van der Waals surface area contributed by atoms with Gasteiger partial charge in [-0.25, -0.2) is 0 Å². The zero-order valence-corrected chi connectivity index (χ0v) is 7.71. The minimum atomic E-state index is 0.0504. The summed E-state index contributed by atoms with van der Waals surface area (Å²) in [6.45, 7) is 0. The third kappa shape index (κ3) is 1.01. The lowest BCUT2D eigenvalue weighted by Gasteiger charge is -2.10. The van der Waals surface area contributed by atoms with Gasteiger partial charge >= 0.3 is 0 Å². The average molecular weight is 178 g/mol. The highest BCUT2D eigenvalue weighted by molar-refractivity contribution is 7.66. The lowest BCUT2D eigenvalue weighted by atomic mass is 10.4. The second kappa shape index (κ2) is 2.55. The Labute approximate surface area is 73.5 Å². The molecule has 2 aliphatic rings. The van der Waals surface area contributed by atoms with Gasteiger partial charge in [0.05, 0.1) is 6.10 Å². The molecule has 1 nitrogen and oxygen atoms in total. The maximum absolute atomic E-state index is 5.55. The molecule has 1 aromatic rings. The van der Waals surface area contributed by atoms with Gasteiger partial charge in [0.15, 0.2) is 0 Å². The van der Waals surface area contributed by atoms with Gasteiger partial charge in [-0.2, -0.15) is 0 Å². The van der Waals surface area contributed by atoms with Crippen LogP contribution in [-0.4, -0.2) is 18.1 Å². The summed E-state index contributed by atoms with van der Waals surface area (Å²) in [6, 6.07) is 10.8. The number of hydrogen-bond donors (Lipinski definition) is 0. The average Bonchev–Trinajstić information content (AvgIpc) is 2.80. The maximum Gasteiger partial charge on any atom is 0.107 e. The van der Waals surface area contributed by atoms with Crippen LogP contribution in [0, 0.1) is 0 Å². The lowest BCUT2D eigenvalue weighted by Crippen LogP contribution is -2.02. The molecule has 1 aromatic carbocycles. The van der Waals surface area contributed by atoms with Crippen LogP contribution < -0.4 is 5.30 Å². The molecule has 0 saturated carbocycles. The smallest absolute Gasteiger partial charge is 0.107 e. The topological polar surface area (TPSA) is 12.5 Å². The van der Waals surface area contributed by atoms with Gasteiger partial charge in [0.25, 0.3) is 0 Å². The van der Waals surface area contributed by atoms with Crippen molar-refractivity contribution in [1.82, 2.24) is 0 Å². The van der Waals surface area contributed by atoms with E-state index in [1.807, 2.05) is 0 Å². The lowest BCUT2D eigenvalue weighted by molar-refractivity contribution is 0.387. The Bertz CT molecular complexity index is 285. The first-order valence-corrected chi connectivity index (χ1v) is 6.02. The van der Waals surface area contributed by atoms with Crippen molar-refractivity contribution in [2.45, 2.75) is 18.4 Å². The van der Waals surface area contributed by atoms with Crippen molar-refractivity contribution in [3.8, 4) is 0 Å². The first kappa shape index (κ1) is 7.06. The predicted octanol–water partition coefficient (Wildman–Crippen LogP) is 1.92. The van der Waals surface area contributed by atoms with E-state index >= 15 is 0 Å². The predicted molar refractivity (Wildman–Crippen MR) is 51.1 cm³/mol. The van der Waals surface area contributed by atoms with E-state index < -0.39 is 0 Å². The van der Waals surface area contributed by atoms with Gasteiger partial charge in [0.2, 0.25) is 0 Å². The van der Waals surface area contributed by atoms with E-state index in [1.165, 1.54) is 17.9 Å². The summed E-state index contributed by atoms with van der Waals surface area (Å²) in [4.78, 5) is 0. The number of rotatable bonds is 1. The van der Waals surface area contributed by atoms with E-state index in [2.05, 4.69) is 30.3 Å². The fraction of sp³-hybridized carbons (Fsp3) is 0.400. The van der Waals surface area contributed by atoms with E-state index in [9.17, 15) is 0 Å². The quantitative estimate of drug-likeness (QED) is 0.472. The summed E-state index contributed by atoms with van der Waals surface area (Å²) in [5.41, 5.74) is 0. The number of epoxide rings is 1. The Morgan fingerprint density at radius 1 is 1.25 bits per heavy atom. The molecule has 3 unspecified atom stereocenters. The molecule has 0 radical (unpaired) electrons. The van der Waals surface area contributed by atoms with Crippen LogP contribution in [0.2, 0.25) is 0 Å². The molecular weight excluding hydrogens is 167 g/mol. The van der Waals surface area contributed by atoms with Gasteiger partial charge in [-0.3, -0.25) is 0 Å². The minimum absolute atomic E-state index is 0.0504. The molecule has 12 heavy (non-hydrogen) atoms. The van der Waals surface area contributed by atoms with Crippen LogP contribution in [0.25, 0.3) is 0 Å². The zero-order valence-electron chi connectivity index (χ0n) is 6.81. The summed E-state index contributed by atoms with van der Waals surface area (Å²) in [5, 5.41) is 1.53. The highest BCUT2D eigenvalue weighted by Crippen LogP contribution is 2.59. The normalized spacial score (nSPS) is 37.8. The fourth-order valence-corrected chi connectivity index (χ4v) is 4.66. The van der Waals surface area contributed by atoms with E-state index in [0.717, 1.165) is 0 Å². The summed E-state index contributed by atoms with van der Waals surface area (Å²) in [5.74, 6) is 0.627. The van der Waals surface area contributed by atoms with E-state index in [1.54, 1.807) is 0 Å². The standard InChI is InChI=1S/C10H11OP/c1-2-4-8(5-3-1)12-7-6-9-10(12)11-9/h1-5,9-10H,6-7H2. The number of fused-ring (bicyclic) bond motifs is 1. The molecule has 2 heteroatoms. The van der Waals surface area contributed by atoms with Gasteiger partial charge in [-0.05, 0) is 25.8 Å². The van der Waals surface area contributed by atoms with Crippen molar-refractivity contribution in [2.24, 2.45) is 0 Å². The molecular formula is C10H11OP. The largest absolute Gasteiger partial charge is 0.364 e. The molecule has 0 aromatic heterocycles. The number of ether oxygens (including phenoxy) is 1. The van der Waals surface area contributed by atoms with Crippen molar-refractivity contribution in [2.75, 3.05) is 6.16 Å². The highest BCUT2D eigenvalue weighted by atomic mass is 31.1. The van der Waals surface area contributed by atoms with Gasteiger partial charge in [0.1, 0.15) is 5.85 Å². The second-order valence-corrected chi connectivity index (χ2v) is 5.79. The van der Waals surface area contributed by atoms with Gasteiger partial charge < -0.3 is 4.74 Å². The second-order valence-electron chi connectivity index (χ2n) is 3.38. The number of benzene rings is 1.